The summed E-state index contributed by atoms with van der Waals surface area (Å²) in [5.41, 5.74) is 2.20. The van der Waals surface area contributed by atoms with Crippen molar-refractivity contribution in [3.63, 3.8) is 0 Å². The zero-order chi connectivity index (χ0) is 15.0. The van der Waals surface area contributed by atoms with Gasteiger partial charge in [0.1, 0.15) is 8.45 Å². The Kier molecular flexibility index (Phi) is 3.85. The maximum Gasteiger partial charge on any atom is 0.289 e. The molecule has 1 unspecified atom stereocenters. The topological polar surface area (TPSA) is 46.6 Å². The van der Waals surface area contributed by atoms with Gasteiger partial charge in [0, 0.05) is 12.1 Å². The number of nitrogens with zero attached hydrogens (tertiary/aromatic N) is 2. The minimum atomic E-state index is -2.34. The van der Waals surface area contributed by atoms with Crippen molar-refractivity contribution in [3.05, 3.63) is 64.7 Å². The van der Waals surface area contributed by atoms with E-state index in [9.17, 15) is 9.69 Å². The zero-order valence-electron chi connectivity index (χ0n) is 11.4. The van der Waals surface area contributed by atoms with Gasteiger partial charge >= 0.3 is 0 Å². The predicted octanol–water partition coefficient (Wildman–Crippen LogP) is 2.75. The van der Waals surface area contributed by atoms with Crippen LogP contribution < -0.4 is 9.56 Å². The Bertz CT molecular complexity index is 678. The summed E-state index contributed by atoms with van der Waals surface area (Å²) in [5.74, 6) is -0.192. The van der Waals surface area contributed by atoms with E-state index in [4.69, 9.17) is 11.6 Å². The number of rotatable bonds is 2. The van der Waals surface area contributed by atoms with Crippen molar-refractivity contribution in [2.45, 2.75) is 6.54 Å². The van der Waals surface area contributed by atoms with Crippen LogP contribution in [0.15, 0.2) is 48.5 Å². The van der Waals surface area contributed by atoms with Crippen LogP contribution in [0.3, 0.4) is 0 Å². The molecule has 21 heavy (non-hydrogen) atoms. The molecule has 1 aliphatic heterocycles. The zero-order valence-corrected chi connectivity index (χ0v) is 13.2. The lowest BCUT2D eigenvalue weighted by atomic mass is 10.1. The van der Waals surface area contributed by atoms with Gasteiger partial charge in [-0.25, -0.2) is 4.67 Å². The van der Waals surface area contributed by atoms with Crippen molar-refractivity contribution in [2.24, 2.45) is 0 Å². The molecule has 108 valence electrons. The van der Waals surface area contributed by atoms with Crippen LogP contribution in [0.25, 0.3) is 0 Å². The van der Waals surface area contributed by atoms with Crippen LogP contribution in [0.4, 0.5) is 5.69 Å². The molecule has 0 saturated heterocycles. The first-order chi connectivity index (χ1) is 10.1. The van der Waals surface area contributed by atoms with Crippen LogP contribution >= 0.6 is 20.1 Å². The highest BCUT2D eigenvalue weighted by Crippen LogP contribution is 2.46. The molecule has 0 bridgehead atoms. The molecule has 6 heteroatoms. The molecule has 0 spiro atoms. The normalized spacial score (nSPS) is 17.9. The van der Waals surface area contributed by atoms with Crippen LogP contribution in [0.1, 0.15) is 15.9 Å². The maximum atomic E-state index is 12.6. The first-order valence-electron chi connectivity index (χ1n) is 6.51. The smallest absolute Gasteiger partial charge is 0.289 e. The average molecular weight is 321 g/mol. The highest BCUT2D eigenvalue weighted by Gasteiger charge is 2.36. The molecule has 1 aliphatic rings. The number of carbonyl (C=O) groups is 1. The van der Waals surface area contributed by atoms with E-state index in [0.717, 1.165) is 11.3 Å². The molecule has 1 atom stereocenters. The number of hydrogen-bond acceptors (Lipinski definition) is 3. The average Bonchev–Trinajstić information content (AvgIpc) is 2.51. The summed E-state index contributed by atoms with van der Waals surface area (Å²) in [6.07, 6.45) is 0. The van der Waals surface area contributed by atoms with E-state index in [1.165, 1.54) is 4.67 Å². The lowest BCUT2D eigenvalue weighted by molar-refractivity contribution is -0.169. The third kappa shape index (κ3) is 2.62. The van der Waals surface area contributed by atoms with Gasteiger partial charge in [-0.15, -0.1) is 0 Å². The van der Waals surface area contributed by atoms with E-state index in [0.29, 0.717) is 17.1 Å². The largest absolute Gasteiger partial charge is 0.644 e. The molecular weight excluding hydrogens is 307 g/mol. The van der Waals surface area contributed by atoms with E-state index in [1.807, 2.05) is 30.3 Å². The SMILES string of the molecule is CN1c2ccccc2C(=O)N(Cc2ccc(Cl)cc2)[PH+]1[O-]. The van der Waals surface area contributed by atoms with Gasteiger partial charge < -0.3 is 4.89 Å². The lowest BCUT2D eigenvalue weighted by Crippen LogP contribution is -2.40. The minimum absolute atomic E-state index is 0.192. The van der Waals surface area contributed by atoms with Gasteiger partial charge in [0.05, 0.1) is 17.8 Å². The molecule has 2 aromatic rings. The summed E-state index contributed by atoms with van der Waals surface area (Å²) in [6.45, 7) is 0.312. The maximum absolute atomic E-state index is 12.6. The van der Waals surface area contributed by atoms with E-state index in [1.54, 1.807) is 29.9 Å². The molecule has 1 amide bonds. The molecule has 0 N–H and O–H groups in total. The van der Waals surface area contributed by atoms with Crippen molar-refractivity contribution < 1.29 is 9.69 Å². The Morgan fingerprint density at radius 3 is 2.52 bits per heavy atom. The summed E-state index contributed by atoms with van der Waals surface area (Å²) >= 11 is 5.86. The molecule has 0 aromatic heterocycles. The van der Waals surface area contributed by atoms with Crippen molar-refractivity contribution in [1.29, 1.82) is 0 Å². The second kappa shape index (κ2) is 5.64. The van der Waals surface area contributed by atoms with E-state index in [-0.39, 0.29) is 5.91 Å². The highest BCUT2D eigenvalue weighted by atomic mass is 35.5. The Morgan fingerprint density at radius 2 is 1.81 bits per heavy atom. The van der Waals surface area contributed by atoms with Crippen molar-refractivity contribution in [2.75, 3.05) is 11.7 Å². The van der Waals surface area contributed by atoms with Crippen molar-refractivity contribution in [3.8, 4) is 0 Å². The van der Waals surface area contributed by atoms with E-state index < -0.39 is 8.45 Å². The standard InChI is InChI=1S/C15H14ClN2O2P/c1-17-14-5-3-2-4-13(14)15(19)18(21(17)20)10-11-6-8-12(16)9-7-11/h2-9,21H,10H2,1H3. The molecule has 0 radical (unpaired) electrons. The van der Waals surface area contributed by atoms with Gasteiger partial charge in [-0.1, -0.05) is 35.9 Å². The number of halogens is 1. The van der Waals surface area contributed by atoms with Crippen LogP contribution in [0.2, 0.25) is 5.02 Å². The second-order valence-corrected chi connectivity index (χ2v) is 7.09. The Hall–Kier alpha value is -1.61. The Balaban J connectivity index is 1.93. The number of anilines is 1. The van der Waals surface area contributed by atoms with Crippen molar-refractivity contribution in [1.82, 2.24) is 4.67 Å². The van der Waals surface area contributed by atoms with Crippen molar-refractivity contribution >= 4 is 31.6 Å². The fourth-order valence-electron chi connectivity index (χ4n) is 2.38. The summed E-state index contributed by atoms with van der Waals surface area (Å²) in [6, 6.07) is 14.4. The third-order valence-electron chi connectivity index (χ3n) is 3.51. The van der Waals surface area contributed by atoms with Gasteiger partial charge in [0.2, 0.25) is 0 Å². The molecule has 3 rings (SSSR count). The molecule has 4 nitrogen and oxygen atoms in total. The summed E-state index contributed by atoms with van der Waals surface area (Å²) < 4.78 is 3.10. The Morgan fingerprint density at radius 1 is 1.14 bits per heavy atom. The molecule has 1 heterocycles. The third-order valence-corrected chi connectivity index (χ3v) is 5.40. The quantitative estimate of drug-likeness (QED) is 0.799. The fraction of sp³-hybridized carbons (Fsp3) is 0.133. The minimum Gasteiger partial charge on any atom is -0.644 e. The monoisotopic (exact) mass is 320 g/mol. The lowest BCUT2D eigenvalue weighted by Gasteiger charge is -2.38. The number of fused-ring (bicyclic) bond motifs is 1. The molecule has 0 fully saturated rings. The first-order valence-corrected chi connectivity index (χ1v) is 8.19. The van der Waals surface area contributed by atoms with Crippen LogP contribution in [0, 0.1) is 0 Å². The van der Waals surface area contributed by atoms with Gasteiger partial charge in [0.25, 0.3) is 5.91 Å². The van der Waals surface area contributed by atoms with Crippen LogP contribution in [-0.2, 0) is 6.54 Å². The van der Waals surface area contributed by atoms with Crippen LogP contribution in [-0.4, -0.2) is 17.6 Å². The predicted molar refractivity (Wildman–Crippen MR) is 84.5 cm³/mol. The number of para-hydroxylation sites is 1. The first kappa shape index (κ1) is 14.3. The highest BCUT2D eigenvalue weighted by molar-refractivity contribution is 7.50. The van der Waals surface area contributed by atoms with Gasteiger partial charge in [0.15, 0.2) is 0 Å². The van der Waals surface area contributed by atoms with Crippen LogP contribution in [0.5, 0.6) is 0 Å². The molecule has 0 aliphatic carbocycles. The summed E-state index contributed by atoms with van der Waals surface area (Å²) in [4.78, 5) is 25.1. The fourth-order valence-corrected chi connectivity index (χ4v) is 3.88. The number of amides is 1. The van der Waals surface area contributed by atoms with E-state index >= 15 is 0 Å². The summed E-state index contributed by atoms with van der Waals surface area (Å²) in [7, 11) is -0.592. The number of hydrogen-bond donors (Lipinski definition) is 0. The number of carbonyl (C=O) groups excluding carboxylic acids is 1. The molecule has 0 saturated carbocycles. The second-order valence-electron chi connectivity index (χ2n) is 4.88. The van der Waals surface area contributed by atoms with Gasteiger partial charge in [-0.05, 0) is 29.8 Å². The van der Waals surface area contributed by atoms with Gasteiger partial charge in [-0.2, -0.15) is 4.67 Å². The molecule has 2 aromatic carbocycles. The Labute approximate surface area is 129 Å². The van der Waals surface area contributed by atoms with E-state index in [2.05, 4.69) is 0 Å². The number of benzene rings is 2. The van der Waals surface area contributed by atoms with Gasteiger partial charge in [-0.3, -0.25) is 4.79 Å². The summed E-state index contributed by atoms with van der Waals surface area (Å²) in [5, 5.41) is 0.638. The molecular formula is C15H14ClN2O2P.